The highest BCUT2D eigenvalue weighted by Crippen LogP contribution is 2.39. The molecule has 0 saturated carbocycles. The molecule has 26 heavy (non-hydrogen) atoms. The van der Waals surface area contributed by atoms with Crippen molar-refractivity contribution in [3.8, 4) is 17.9 Å². The maximum absolute atomic E-state index is 14.7. The van der Waals surface area contributed by atoms with Crippen LogP contribution in [-0.4, -0.2) is 12.4 Å². The van der Waals surface area contributed by atoms with Gasteiger partial charge in [0.05, 0.1) is 11.5 Å². The van der Waals surface area contributed by atoms with Crippen molar-refractivity contribution in [3.05, 3.63) is 22.8 Å². The van der Waals surface area contributed by atoms with Crippen LogP contribution in [0.25, 0.3) is 0 Å². The molecule has 0 amide bonds. The van der Waals surface area contributed by atoms with Crippen LogP contribution in [0.3, 0.4) is 0 Å². The zero-order chi connectivity index (χ0) is 19.4. The Bertz CT molecular complexity index is 665. The fourth-order valence-electron chi connectivity index (χ4n) is 2.49. The van der Waals surface area contributed by atoms with E-state index in [1.165, 1.54) is 12.8 Å². The average Bonchev–Trinajstić information content (AvgIpc) is 2.64. The van der Waals surface area contributed by atoms with Crippen LogP contribution in [0.1, 0.15) is 76.3 Å². The van der Waals surface area contributed by atoms with E-state index < -0.39 is 22.8 Å². The zero-order valence-electron chi connectivity index (χ0n) is 15.5. The third-order valence-electron chi connectivity index (χ3n) is 4.01. The molecule has 0 aromatic heterocycles. The lowest BCUT2D eigenvalue weighted by Gasteiger charge is -2.15. The van der Waals surface area contributed by atoms with Crippen molar-refractivity contribution in [2.45, 2.75) is 70.1 Å². The van der Waals surface area contributed by atoms with Crippen molar-refractivity contribution in [2.24, 2.45) is 0 Å². The highest BCUT2D eigenvalue weighted by Gasteiger charge is 2.26. The van der Waals surface area contributed by atoms with E-state index in [9.17, 15) is 8.78 Å². The Kier molecular flexibility index (Phi) is 10.7. The van der Waals surface area contributed by atoms with Crippen LogP contribution in [0.15, 0.2) is 4.90 Å². The first-order valence-electron chi connectivity index (χ1n) is 9.22. The summed E-state index contributed by atoms with van der Waals surface area (Å²) in [4.78, 5) is -0.00233. The van der Waals surface area contributed by atoms with Gasteiger partial charge < -0.3 is 4.74 Å². The second-order valence-electron chi connectivity index (χ2n) is 6.08. The molecule has 0 spiro atoms. The predicted octanol–water partition coefficient (Wildman–Crippen LogP) is 6.34. The molecule has 1 aromatic carbocycles. The minimum absolute atomic E-state index is 0.00233. The summed E-state index contributed by atoms with van der Waals surface area (Å²) < 4.78 is 34.9. The second kappa shape index (κ2) is 12.5. The smallest absolute Gasteiger partial charge is 0.185 e. The molecule has 0 heterocycles. The maximum Gasteiger partial charge on any atom is 0.185 e. The minimum atomic E-state index is -0.935. The second-order valence-corrected chi connectivity index (χ2v) is 7.18. The third-order valence-corrected chi connectivity index (χ3v) is 5.15. The van der Waals surface area contributed by atoms with Gasteiger partial charge in [0.15, 0.2) is 17.4 Å². The van der Waals surface area contributed by atoms with Gasteiger partial charge >= 0.3 is 0 Å². The number of halogens is 2. The van der Waals surface area contributed by atoms with Crippen LogP contribution in [0.4, 0.5) is 8.78 Å². The molecule has 0 N–H and O–H groups in total. The molecular weight excluding hydrogens is 354 g/mol. The zero-order valence-corrected chi connectivity index (χ0v) is 16.4. The first kappa shape index (κ1) is 22.3. The summed E-state index contributed by atoms with van der Waals surface area (Å²) in [5.41, 5.74) is -1.13. The van der Waals surface area contributed by atoms with Crippen molar-refractivity contribution in [3.63, 3.8) is 0 Å². The summed E-state index contributed by atoms with van der Waals surface area (Å²) in [6, 6.07) is 3.19. The van der Waals surface area contributed by atoms with Crippen molar-refractivity contribution in [2.75, 3.05) is 12.4 Å². The van der Waals surface area contributed by atoms with E-state index >= 15 is 0 Å². The summed E-state index contributed by atoms with van der Waals surface area (Å²) in [7, 11) is 0. The Hall–Kier alpha value is -1.79. The number of nitrogens with zero attached hydrogens (tertiary/aromatic N) is 2. The van der Waals surface area contributed by atoms with Gasteiger partial charge in [-0.25, -0.2) is 8.78 Å². The normalized spacial score (nSPS) is 10.4. The fourth-order valence-corrected chi connectivity index (χ4v) is 3.63. The molecule has 0 fully saturated rings. The van der Waals surface area contributed by atoms with Gasteiger partial charge in [0, 0.05) is 0 Å². The van der Waals surface area contributed by atoms with Crippen LogP contribution in [-0.2, 0) is 0 Å². The summed E-state index contributed by atoms with van der Waals surface area (Å²) in [5.74, 6) is -1.43. The van der Waals surface area contributed by atoms with Gasteiger partial charge in [-0.15, -0.1) is 11.8 Å². The van der Waals surface area contributed by atoms with E-state index in [-0.39, 0.29) is 17.3 Å². The Morgan fingerprint density at radius 3 is 2.04 bits per heavy atom. The molecule has 0 aliphatic heterocycles. The van der Waals surface area contributed by atoms with Gasteiger partial charge in [-0.1, -0.05) is 52.4 Å². The van der Waals surface area contributed by atoms with Gasteiger partial charge in [0.2, 0.25) is 0 Å². The first-order chi connectivity index (χ1) is 12.6. The van der Waals surface area contributed by atoms with Crippen LogP contribution in [0, 0.1) is 34.3 Å². The lowest BCUT2D eigenvalue weighted by Crippen LogP contribution is -2.07. The van der Waals surface area contributed by atoms with Crippen molar-refractivity contribution in [1.29, 1.82) is 10.5 Å². The highest BCUT2D eigenvalue weighted by molar-refractivity contribution is 7.99. The minimum Gasteiger partial charge on any atom is -0.489 e. The first-order valence-corrected chi connectivity index (χ1v) is 10.2. The third kappa shape index (κ3) is 6.18. The lowest BCUT2D eigenvalue weighted by molar-refractivity contribution is 0.279. The number of hydrogen-bond acceptors (Lipinski definition) is 4. The van der Waals surface area contributed by atoms with E-state index in [1.807, 2.05) is 6.92 Å². The van der Waals surface area contributed by atoms with Gasteiger partial charge in [-0.2, -0.15) is 10.5 Å². The Morgan fingerprint density at radius 1 is 0.846 bits per heavy atom. The van der Waals surface area contributed by atoms with Crippen LogP contribution < -0.4 is 4.74 Å². The van der Waals surface area contributed by atoms with E-state index in [1.54, 1.807) is 12.1 Å². The lowest BCUT2D eigenvalue weighted by atomic mass is 10.1. The number of unbranched alkanes of at least 4 members (excludes halogenated alkanes) is 6. The van der Waals surface area contributed by atoms with Gasteiger partial charge in [-0.3, -0.25) is 0 Å². The van der Waals surface area contributed by atoms with E-state index in [4.69, 9.17) is 15.3 Å². The summed E-state index contributed by atoms with van der Waals surface area (Å²) >= 11 is 1.14. The number of nitriles is 2. The molecule has 142 valence electrons. The number of rotatable bonds is 12. The fraction of sp³-hybridized carbons (Fsp3) is 0.600. The SMILES string of the molecule is CCCCCCCCOc1c(F)c(C#N)c(C#N)c(F)c1SCCCC. The number of hydrogen-bond donors (Lipinski definition) is 0. The van der Waals surface area contributed by atoms with Crippen LogP contribution in [0.2, 0.25) is 0 Å². The highest BCUT2D eigenvalue weighted by atomic mass is 32.2. The molecule has 1 rings (SSSR count). The van der Waals surface area contributed by atoms with Gasteiger partial charge in [0.1, 0.15) is 23.3 Å². The van der Waals surface area contributed by atoms with E-state index in [2.05, 4.69) is 6.92 Å². The maximum atomic E-state index is 14.7. The van der Waals surface area contributed by atoms with E-state index in [0.29, 0.717) is 5.75 Å². The molecule has 1 aromatic rings. The molecule has 3 nitrogen and oxygen atoms in total. The molecular formula is C20H26F2N2OS. The van der Waals surface area contributed by atoms with Crippen LogP contribution in [0.5, 0.6) is 5.75 Å². The molecule has 0 unspecified atom stereocenters. The van der Waals surface area contributed by atoms with E-state index in [0.717, 1.165) is 50.3 Å². The van der Waals surface area contributed by atoms with Crippen molar-refractivity contribution >= 4 is 11.8 Å². The summed E-state index contributed by atoms with van der Waals surface area (Å²) in [6.45, 7) is 4.42. The monoisotopic (exact) mass is 380 g/mol. The summed E-state index contributed by atoms with van der Waals surface area (Å²) in [6.07, 6.45) is 8.07. The standard InChI is InChI=1S/C20H26F2N2OS/c1-3-5-7-8-9-10-11-25-19-17(21)15(13-23)16(14-24)18(22)20(19)26-12-6-4-2/h3-12H2,1-2H3. The molecule has 0 bridgehead atoms. The molecule has 0 aliphatic carbocycles. The average molecular weight is 381 g/mol. The number of ether oxygens (including phenoxy) is 1. The molecule has 0 aliphatic rings. The predicted molar refractivity (Wildman–Crippen MR) is 100 cm³/mol. The Labute approximate surface area is 159 Å². The molecule has 0 radical (unpaired) electrons. The van der Waals surface area contributed by atoms with Crippen LogP contribution >= 0.6 is 11.8 Å². The largest absolute Gasteiger partial charge is 0.489 e. The van der Waals surface area contributed by atoms with Gasteiger partial charge in [0.25, 0.3) is 0 Å². The number of thioether (sulfide) groups is 1. The molecule has 0 atom stereocenters. The Balaban J connectivity index is 2.94. The van der Waals surface area contributed by atoms with Crippen molar-refractivity contribution < 1.29 is 13.5 Å². The summed E-state index contributed by atoms with van der Waals surface area (Å²) in [5, 5.41) is 18.2. The Morgan fingerprint density at radius 2 is 1.42 bits per heavy atom. The molecule has 0 saturated heterocycles. The molecule has 6 heteroatoms. The van der Waals surface area contributed by atoms with Gasteiger partial charge in [-0.05, 0) is 18.6 Å². The van der Waals surface area contributed by atoms with Crippen molar-refractivity contribution in [1.82, 2.24) is 0 Å². The topological polar surface area (TPSA) is 56.8 Å². The number of benzene rings is 1. The quantitative estimate of drug-likeness (QED) is 0.314.